The SMILES string of the molecule is CCCCc1ccc(O)c(-c2ccccc2)c1. The molecule has 0 aliphatic rings. The Kier molecular flexibility index (Phi) is 3.81. The zero-order valence-corrected chi connectivity index (χ0v) is 10.2. The molecule has 0 atom stereocenters. The zero-order chi connectivity index (χ0) is 12.1. The van der Waals surface area contributed by atoms with Crippen LogP contribution in [-0.2, 0) is 6.42 Å². The average molecular weight is 226 g/mol. The van der Waals surface area contributed by atoms with Gasteiger partial charge in [0.05, 0.1) is 0 Å². The molecule has 0 aliphatic carbocycles. The normalized spacial score (nSPS) is 10.4. The highest BCUT2D eigenvalue weighted by molar-refractivity contribution is 5.70. The van der Waals surface area contributed by atoms with Crippen molar-refractivity contribution in [2.24, 2.45) is 0 Å². The fourth-order valence-electron chi connectivity index (χ4n) is 1.97. The molecule has 0 fully saturated rings. The second-order valence-corrected chi connectivity index (χ2v) is 4.32. The predicted molar refractivity (Wildman–Crippen MR) is 72.2 cm³/mol. The minimum absolute atomic E-state index is 0.358. The summed E-state index contributed by atoms with van der Waals surface area (Å²) < 4.78 is 0. The fraction of sp³-hybridized carbons (Fsp3) is 0.250. The highest BCUT2D eigenvalue weighted by atomic mass is 16.3. The molecule has 1 N–H and O–H groups in total. The lowest BCUT2D eigenvalue weighted by Gasteiger charge is -2.07. The van der Waals surface area contributed by atoms with E-state index in [1.807, 2.05) is 36.4 Å². The molecule has 0 radical (unpaired) electrons. The van der Waals surface area contributed by atoms with Crippen molar-refractivity contribution in [1.29, 1.82) is 0 Å². The first kappa shape index (κ1) is 11.7. The Morgan fingerprint density at radius 1 is 1.00 bits per heavy atom. The molecule has 0 heterocycles. The zero-order valence-electron chi connectivity index (χ0n) is 10.2. The van der Waals surface area contributed by atoms with Crippen LogP contribution in [0.15, 0.2) is 48.5 Å². The molecular weight excluding hydrogens is 208 g/mol. The molecule has 1 nitrogen and oxygen atoms in total. The van der Waals surface area contributed by atoms with Crippen molar-refractivity contribution in [3.8, 4) is 16.9 Å². The molecule has 2 aromatic rings. The molecule has 0 saturated heterocycles. The molecule has 0 unspecified atom stereocenters. The van der Waals surface area contributed by atoms with Gasteiger partial charge in [0, 0.05) is 5.56 Å². The van der Waals surface area contributed by atoms with Crippen LogP contribution in [0.2, 0.25) is 0 Å². The molecule has 0 aromatic heterocycles. The van der Waals surface area contributed by atoms with Gasteiger partial charge in [-0.15, -0.1) is 0 Å². The van der Waals surface area contributed by atoms with Crippen molar-refractivity contribution in [2.75, 3.05) is 0 Å². The second-order valence-electron chi connectivity index (χ2n) is 4.32. The van der Waals surface area contributed by atoms with Crippen molar-refractivity contribution < 1.29 is 5.11 Å². The summed E-state index contributed by atoms with van der Waals surface area (Å²) in [5.41, 5.74) is 3.30. The number of phenols is 1. The second kappa shape index (κ2) is 5.53. The summed E-state index contributed by atoms with van der Waals surface area (Å²) >= 11 is 0. The average Bonchev–Trinajstić information content (AvgIpc) is 2.39. The number of unbranched alkanes of at least 4 members (excludes halogenated alkanes) is 1. The van der Waals surface area contributed by atoms with Crippen molar-refractivity contribution in [3.63, 3.8) is 0 Å². The molecule has 0 bridgehead atoms. The lowest BCUT2D eigenvalue weighted by Crippen LogP contribution is -1.87. The van der Waals surface area contributed by atoms with Gasteiger partial charge in [-0.1, -0.05) is 49.7 Å². The number of rotatable bonds is 4. The Balaban J connectivity index is 2.33. The summed E-state index contributed by atoms with van der Waals surface area (Å²) in [6.07, 6.45) is 3.47. The van der Waals surface area contributed by atoms with Crippen LogP contribution in [0.3, 0.4) is 0 Å². The maximum Gasteiger partial charge on any atom is 0.123 e. The minimum atomic E-state index is 0.358. The Morgan fingerprint density at radius 2 is 1.76 bits per heavy atom. The van der Waals surface area contributed by atoms with E-state index >= 15 is 0 Å². The first-order valence-electron chi connectivity index (χ1n) is 6.18. The third-order valence-electron chi connectivity index (χ3n) is 2.96. The van der Waals surface area contributed by atoms with Crippen LogP contribution in [0, 0.1) is 0 Å². The predicted octanol–water partition coefficient (Wildman–Crippen LogP) is 4.40. The monoisotopic (exact) mass is 226 g/mol. The maximum absolute atomic E-state index is 9.91. The van der Waals surface area contributed by atoms with Gasteiger partial charge >= 0.3 is 0 Å². The smallest absolute Gasteiger partial charge is 0.123 e. The van der Waals surface area contributed by atoms with Crippen molar-refractivity contribution in [2.45, 2.75) is 26.2 Å². The largest absolute Gasteiger partial charge is 0.507 e. The number of benzene rings is 2. The summed E-state index contributed by atoms with van der Waals surface area (Å²) in [6.45, 7) is 2.19. The summed E-state index contributed by atoms with van der Waals surface area (Å²) in [5, 5.41) is 9.91. The van der Waals surface area contributed by atoms with E-state index in [0.717, 1.165) is 17.5 Å². The first-order valence-corrected chi connectivity index (χ1v) is 6.18. The summed E-state index contributed by atoms with van der Waals surface area (Å²) in [6, 6.07) is 15.9. The Morgan fingerprint density at radius 3 is 2.47 bits per heavy atom. The summed E-state index contributed by atoms with van der Waals surface area (Å²) in [7, 11) is 0. The van der Waals surface area contributed by atoms with Crippen molar-refractivity contribution in [3.05, 3.63) is 54.1 Å². The molecular formula is C16H18O. The van der Waals surface area contributed by atoms with Crippen LogP contribution in [0.4, 0.5) is 0 Å². The van der Waals surface area contributed by atoms with E-state index in [1.165, 1.54) is 18.4 Å². The fourth-order valence-corrected chi connectivity index (χ4v) is 1.97. The highest BCUT2D eigenvalue weighted by Crippen LogP contribution is 2.30. The standard InChI is InChI=1S/C16H18O/c1-2-3-7-13-10-11-16(17)15(12-13)14-8-5-4-6-9-14/h4-6,8-12,17H,2-3,7H2,1H3. The summed E-state index contributed by atoms with van der Waals surface area (Å²) in [5.74, 6) is 0.358. The molecule has 2 aromatic carbocycles. The molecule has 0 amide bonds. The van der Waals surface area contributed by atoms with Crippen LogP contribution in [-0.4, -0.2) is 5.11 Å². The van der Waals surface area contributed by atoms with Gasteiger partial charge in [-0.25, -0.2) is 0 Å². The van der Waals surface area contributed by atoms with Gasteiger partial charge in [-0.2, -0.15) is 0 Å². The Bertz CT molecular complexity index is 474. The van der Waals surface area contributed by atoms with Gasteiger partial charge < -0.3 is 5.11 Å². The van der Waals surface area contributed by atoms with Crippen molar-refractivity contribution >= 4 is 0 Å². The topological polar surface area (TPSA) is 20.2 Å². The minimum Gasteiger partial charge on any atom is -0.507 e. The Hall–Kier alpha value is -1.76. The van der Waals surface area contributed by atoms with E-state index < -0.39 is 0 Å². The van der Waals surface area contributed by atoms with E-state index in [-0.39, 0.29) is 0 Å². The van der Waals surface area contributed by atoms with Gasteiger partial charge in [0.25, 0.3) is 0 Å². The Labute approximate surface area is 103 Å². The molecule has 17 heavy (non-hydrogen) atoms. The number of aromatic hydroxyl groups is 1. The molecule has 88 valence electrons. The van der Waals surface area contributed by atoms with Crippen molar-refractivity contribution in [1.82, 2.24) is 0 Å². The van der Waals surface area contributed by atoms with E-state index in [1.54, 1.807) is 6.07 Å². The number of aryl methyl sites for hydroxylation is 1. The molecule has 2 rings (SSSR count). The lowest BCUT2D eigenvalue weighted by molar-refractivity contribution is 0.477. The van der Waals surface area contributed by atoms with Gasteiger partial charge in [0.1, 0.15) is 5.75 Å². The molecule has 0 spiro atoms. The third-order valence-corrected chi connectivity index (χ3v) is 2.96. The van der Waals surface area contributed by atoms with Gasteiger partial charge in [0.2, 0.25) is 0 Å². The first-order chi connectivity index (χ1) is 8.31. The molecule has 0 aliphatic heterocycles. The van der Waals surface area contributed by atoms with E-state index in [0.29, 0.717) is 5.75 Å². The summed E-state index contributed by atoms with van der Waals surface area (Å²) in [4.78, 5) is 0. The number of hydrogen-bond acceptors (Lipinski definition) is 1. The molecule has 1 heteroatoms. The highest BCUT2D eigenvalue weighted by Gasteiger charge is 2.04. The number of phenolic OH excluding ortho intramolecular Hbond substituents is 1. The van der Waals surface area contributed by atoms with Crippen LogP contribution >= 0.6 is 0 Å². The number of hydrogen-bond donors (Lipinski definition) is 1. The van der Waals surface area contributed by atoms with Crippen LogP contribution in [0.5, 0.6) is 5.75 Å². The van der Waals surface area contributed by atoms with E-state index in [2.05, 4.69) is 13.0 Å². The maximum atomic E-state index is 9.91. The van der Waals surface area contributed by atoms with E-state index in [9.17, 15) is 5.11 Å². The lowest BCUT2D eigenvalue weighted by atomic mass is 9.99. The quantitative estimate of drug-likeness (QED) is 0.819. The van der Waals surface area contributed by atoms with Crippen LogP contribution in [0.25, 0.3) is 11.1 Å². The van der Waals surface area contributed by atoms with E-state index in [4.69, 9.17) is 0 Å². The molecule has 0 saturated carbocycles. The van der Waals surface area contributed by atoms with Crippen LogP contribution in [0.1, 0.15) is 25.3 Å². The van der Waals surface area contributed by atoms with Crippen LogP contribution < -0.4 is 0 Å². The van der Waals surface area contributed by atoms with Gasteiger partial charge in [-0.05, 0) is 36.1 Å². The third kappa shape index (κ3) is 2.88. The van der Waals surface area contributed by atoms with Gasteiger partial charge in [0.15, 0.2) is 0 Å². The van der Waals surface area contributed by atoms with Gasteiger partial charge in [-0.3, -0.25) is 0 Å².